The Kier molecular flexibility index (Phi) is 3.79. The van der Waals surface area contributed by atoms with Gasteiger partial charge in [-0.3, -0.25) is 4.79 Å². The van der Waals surface area contributed by atoms with Gasteiger partial charge in [0.2, 0.25) is 11.7 Å². The zero-order valence-corrected chi connectivity index (χ0v) is 11.7. The number of hydrogen-bond acceptors (Lipinski definition) is 4. The third-order valence-electron chi connectivity index (χ3n) is 2.98. The largest absolute Gasteiger partial charge is 0.414 e. The minimum absolute atomic E-state index is 0.0814. The highest BCUT2D eigenvalue weighted by Gasteiger charge is 2.18. The summed E-state index contributed by atoms with van der Waals surface area (Å²) in [5, 5.41) is 7.73. The lowest BCUT2D eigenvalue weighted by Gasteiger charge is -2.04. The summed E-state index contributed by atoms with van der Waals surface area (Å²) in [5.41, 5.74) is 2.08. The van der Waals surface area contributed by atoms with Gasteiger partial charge < -0.3 is 4.42 Å². The fourth-order valence-corrected chi connectivity index (χ4v) is 1.70. The summed E-state index contributed by atoms with van der Waals surface area (Å²) in [7, 11) is 0. The fourth-order valence-electron chi connectivity index (χ4n) is 1.70. The maximum Gasteiger partial charge on any atom is 0.284 e. The van der Waals surface area contributed by atoms with E-state index in [0.29, 0.717) is 11.8 Å². The highest BCUT2D eigenvalue weighted by Crippen LogP contribution is 2.22. The summed E-state index contributed by atoms with van der Waals surface area (Å²) < 4.78 is 5.42. The lowest BCUT2D eigenvalue weighted by atomic mass is 10.0. The lowest BCUT2D eigenvalue weighted by molar-refractivity contribution is 0.0905. The Bertz CT molecular complexity index is 568. The van der Waals surface area contributed by atoms with Crippen molar-refractivity contribution in [1.82, 2.24) is 10.2 Å². The van der Waals surface area contributed by atoms with E-state index in [1.54, 1.807) is 0 Å². The van der Waals surface area contributed by atoms with E-state index in [-0.39, 0.29) is 17.6 Å². The molecule has 1 heterocycles. The van der Waals surface area contributed by atoms with E-state index in [2.05, 4.69) is 24.0 Å². The van der Waals surface area contributed by atoms with Crippen LogP contribution in [0.4, 0.5) is 0 Å². The minimum Gasteiger partial charge on any atom is -0.414 e. The quantitative estimate of drug-likeness (QED) is 0.785. The first-order chi connectivity index (χ1) is 8.99. The topological polar surface area (TPSA) is 56.0 Å². The van der Waals surface area contributed by atoms with Gasteiger partial charge in [-0.15, -0.1) is 10.2 Å². The van der Waals surface area contributed by atoms with Gasteiger partial charge in [0, 0.05) is 11.5 Å². The van der Waals surface area contributed by atoms with Crippen molar-refractivity contribution < 1.29 is 9.21 Å². The van der Waals surface area contributed by atoms with Crippen molar-refractivity contribution in [1.29, 1.82) is 0 Å². The summed E-state index contributed by atoms with van der Waals surface area (Å²) in [5.74, 6) is 0.682. The smallest absolute Gasteiger partial charge is 0.284 e. The van der Waals surface area contributed by atoms with Crippen LogP contribution in [0, 0.1) is 5.92 Å². The summed E-state index contributed by atoms with van der Waals surface area (Å²) in [6.07, 6.45) is 0. The molecule has 2 rings (SSSR count). The molecule has 0 aliphatic heterocycles. The van der Waals surface area contributed by atoms with Crippen LogP contribution in [0.1, 0.15) is 49.9 Å². The minimum atomic E-state index is -0.142. The zero-order chi connectivity index (χ0) is 14.0. The average Bonchev–Trinajstić information content (AvgIpc) is 2.87. The van der Waals surface area contributed by atoms with E-state index in [1.807, 2.05) is 38.1 Å². The predicted molar refractivity (Wildman–Crippen MR) is 73.0 cm³/mol. The van der Waals surface area contributed by atoms with Crippen molar-refractivity contribution in [3.63, 3.8) is 0 Å². The van der Waals surface area contributed by atoms with Crippen LogP contribution < -0.4 is 0 Å². The van der Waals surface area contributed by atoms with Crippen LogP contribution >= 0.6 is 0 Å². The second kappa shape index (κ2) is 5.34. The predicted octanol–water partition coefficient (Wildman–Crippen LogP) is 3.70. The van der Waals surface area contributed by atoms with Gasteiger partial charge in [-0.2, -0.15) is 0 Å². The molecule has 0 saturated heterocycles. The molecule has 19 heavy (non-hydrogen) atoms. The van der Waals surface area contributed by atoms with Crippen molar-refractivity contribution in [3.8, 4) is 11.5 Å². The molecule has 0 spiro atoms. The third-order valence-corrected chi connectivity index (χ3v) is 2.98. The van der Waals surface area contributed by atoms with E-state index >= 15 is 0 Å². The van der Waals surface area contributed by atoms with Gasteiger partial charge in [-0.05, 0) is 23.6 Å². The maximum atomic E-state index is 11.7. The molecule has 100 valence electrons. The Morgan fingerprint density at radius 1 is 1.05 bits per heavy atom. The number of hydrogen-bond donors (Lipinski definition) is 0. The van der Waals surface area contributed by atoms with Gasteiger partial charge in [0.25, 0.3) is 5.89 Å². The molecule has 1 aromatic heterocycles. The van der Waals surface area contributed by atoms with Gasteiger partial charge in [0.05, 0.1) is 0 Å². The average molecular weight is 258 g/mol. The van der Waals surface area contributed by atoms with E-state index in [1.165, 1.54) is 5.56 Å². The highest BCUT2D eigenvalue weighted by molar-refractivity contribution is 5.93. The Morgan fingerprint density at radius 3 is 2.21 bits per heavy atom. The first kappa shape index (κ1) is 13.5. The fraction of sp³-hybridized carbons (Fsp3) is 0.400. The van der Waals surface area contributed by atoms with Crippen LogP contribution in [-0.4, -0.2) is 16.0 Å². The standard InChI is InChI=1S/C15H18N2O2/c1-9(2)11-5-7-12(8-6-11)14-16-17-15(19-14)13(18)10(3)4/h5-10H,1-4H3. The SMILES string of the molecule is CC(C)C(=O)c1nnc(-c2ccc(C(C)C)cc2)o1. The maximum absolute atomic E-state index is 11.7. The second-order valence-corrected chi connectivity index (χ2v) is 5.21. The van der Waals surface area contributed by atoms with Crippen molar-refractivity contribution in [2.24, 2.45) is 5.92 Å². The Labute approximate surface area is 112 Å². The number of nitrogens with zero attached hydrogens (tertiary/aromatic N) is 2. The number of Topliss-reactive ketones (excluding diaryl/α,β-unsaturated/α-hetero) is 1. The molecule has 0 radical (unpaired) electrons. The van der Waals surface area contributed by atoms with E-state index in [4.69, 9.17) is 4.42 Å². The van der Waals surface area contributed by atoms with Gasteiger partial charge >= 0.3 is 0 Å². The normalized spacial score (nSPS) is 11.3. The molecule has 0 aliphatic rings. The molecule has 0 saturated carbocycles. The first-order valence-corrected chi connectivity index (χ1v) is 6.47. The molecule has 0 atom stereocenters. The monoisotopic (exact) mass is 258 g/mol. The van der Waals surface area contributed by atoms with Crippen molar-refractivity contribution in [2.75, 3.05) is 0 Å². The molecular weight excluding hydrogens is 240 g/mol. The number of aromatic nitrogens is 2. The molecule has 0 fully saturated rings. The number of ketones is 1. The van der Waals surface area contributed by atoms with Gasteiger partial charge in [0.1, 0.15) is 0 Å². The third kappa shape index (κ3) is 2.89. The van der Waals surface area contributed by atoms with E-state index in [0.717, 1.165) is 5.56 Å². The zero-order valence-electron chi connectivity index (χ0n) is 11.7. The Morgan fingerprint density at radius 2 is 1.68 bits per heavy atom. The number of carbonyl (C=O) groups excluding carboxylic acids is 1. The van der Waals surface area contributed by atoms with Crippen molar-refractivity contribution in [3.05, 3.63) is 35.7 Å². The molecule has 2 aromatic rings. The molecular formula is C15H18N2O2. The Hall–Kier alpha value is -1.97. The first-order valence-electron chi connectivity index (χ1n) is 6.47. The van der Waals surface area contributed by atoms with Gasteiger partial charge in [0.15, 0.2) is 0 Å². The van der Waals surface area contributed by atoms with Crippen LogP contribution in [-0.2, 0) is 0 Å². The molecule has 1 aromatic carbocycles. The molecule has 0 bridgehead atoms. The molecule has 0 amide bonds. The van der Waals surface area contributed by atoms with Crippen LogP contribution in [0.3, 0.4) is 0 Å². The summed E-state index contributed by atoms with van der Waals surface area (Å²) in [4.78, 5) is 11.7. The molecule has 0 unspecified atom stereocenters. The summed E-state index contributed by atoms with van der Waals surface area (Å²) in [6, 6.07) is 7.95. The number of benzene rings is 1. The number of carbonyl (C=O) groups is 1. The molecule has 4 heteroatoms. The lowest BCUT2D eigenvalue weighted by Crippen LogP contribution is -2.07. The van der Waals surface area contributed by atoms with Crippen LogP contribution in [0.5, 0.6) is 0 Å². The highest BCUT2D eigenvalue weighted by atomic mass is 16.4. The summed E-state index contributed by atoms with van der Waals surface area (Å²) >= 11 is 0. The van der Waals surface area contributed by atoms with Crippen LogP contribution in [0.25, 0.3) is 11.5 Å². The number of rotatable bonds is 4. The van der Waals surface area contributed by atoms with Gasteiger partial charge in [-0.1, -0.05) is 39.8 Å². The van der Waals surface area contributed by atoms with Crippen molar-refractivity contribution >= 4 is 5.78 Å². The van der Waals surface area contributed by atoms with Crippen LogP contribution in [0.15, 0.2) is 28.7 Å². The van der Waals surface area contributed by atoms with E-state index in [9.17, 15) is 4.79 Å². The summed E-state index contributed by atoms with van der Waals surface area (Å²) in [6.45, 7) is 7.90. The van der Waals surface area contributed by atoms with Crippen molar-refractivity contribution in [2.45, 2.75) is 33.6 Å². The molecule has 0 aliphatic carbocycles. The molecule has 4 nitrogen and oxygen atoms in total. The molecule has 0 N–H and O–H groups in total. The second-order valence-electron chi connectivity index (χ2n) is 5.21. The Balaban J connectivity index is 2.25. The van der Waals surface area contributed by atoms with Crippen LogP contribution in [0.2, 0.25) is 0 Å². The van der Waals surface area contributed by atoms with Gasteiger partial charge in [-0.25, -0.2) is 0 Å². The van der Waals surface area contributed by atoms with E-state index < -0.39 is 0 Å².